The lowest BCUT2D eigenvalue weighted by atomic mass is 9.94. The lowest BCUT2D eigenvalue weighted by Crippen LogP contribution is -2.58. The van der Waals surface area contributed by atoms with E-state index in [0.29, 0.717) is 11.1 Å². The highest BCUT2D eigenvalue weighted by Crippen LogP contribution is 2.41. The van der Waals surface area contributed by atoms with E-state index >= 15 is 0 Å². The van der Waals surface area contributed by atoms with Crippen LogP contribution in [0.3, 0.4) is 0 Å². The van der Waals surface area contributed by atoms with Crippen LogP contribution in [-0.4, -0.2) is 61.8 Å². The molecule has 3 heterocycles. The maximum Gasteiger partial charge on any atom is 0.132 e. The number of hydrogen-bond donors (Lipinski definition) is 2. The van der Waals surface area contributed by atoms with Gasteiger partial charge in [0.15, 0.2) is 0 Å². The molecular formula is C31H31FN4O3. The summed E-state index contributed by atoms with van der Waals surface area (Å²) >= 11 is 0. The second-order valence-electron chi connectivity index (χ2n) is 10.1. The number of benzene rings is 3. The summed E-state index contributed by atoms with van der Waals surface area (Å²) in [6, 6.07) is 16.8. The van der Waals surface area contributed by atoms with Gasteiger partial charge in [-0.3, -0.25) is 4.98 Å². The Morgan fingerprint density at radius 3 is 2.90 bits per heavy atom. The van der Waals surface area contributed by atoms with E-state index in [1.54, 1.807) is 12.1 Å². The summed E-state index contributed by atoms with van der Waals surface area (Å²) in [6.07, 6.45) is 4.42. The van der Waals surface area contributed by atoms with Crippen LogP contribution in [0.15, 0.2) is 65.9 Å². The first kappa shape index (κ1) is 25.3. The molecule has 39 heavy (non-hydrogen) atoms. The summed E-state index contributed by atoms with van der Waals surface area (Å²) < 4.78 is 20.6. The van der Waals surface area contributed by atoms with E-state index < -0.39 is 0 Å². The van der Waals surface area contributed by atoms with Crippen LogP contribution < -0.4 is 10.2 Å². The fraction of sp³-hybridized carbons (Fsp3) is 0.290. The molecule has 2 atom stereocenters. The first-order valence-electron chi connectivity index (χ1n) is 13.2. The predicted molar refractivity (Wildman–Crippen MR) is 152 cm³/mol. The van der Waals surface area contributed by atoms with Crippen LogP contribution in [0.5, 0.6) is 5.75 Å². The van der Waals surface area contributed by atoms with E-state index in [0.717, 1.165) is 71.5 Å². The van der Waals surface area contributed by atoms with Gasteiger partial charge in [0.25, 0.3) is 0 Å². The van der Waals surface area contributed by atoms with Gasteiger partial charge in [0.1, 0.15) is 18.7 Å². The number of fused-ring (bicyclic) bond motifs is 2. The van der Waals surface area contributed by atoms with Crippen LogP contribution in [0.1, 0.15) is 17.5 Å². The maximum atomic E-state index is 14.6. The molecule has 0 radical (unpaired) electrons. The number of ether oxygens (including phenoxy) is 1. The molecule has 0 spiro atoms. The Morgan fingerprint density at radius 1 is 1.15 bits per heavy atom. The average Bonchev–Trinajstić information content (AvgIpc) is 2.95. The number of aromatic hydroxyl groups is 1. The molecule has 0 amide bonds. The number of oxime groups is 1. The molecule has 2 N–H and O–H groups in total. The van der Waals surface area contributed by atoms with E-state index in [-0.39, 0.29) is 23.7 Å². The molecular weight excluding hydrogens is 495 g/mol. The van der Waals surface area contributed by atoms with Crippen LogP contribution in [-0.2, 0) is 9.57 Å². The summed E-state index contributed by atoms with van der Waals surface area (Å²) in [5, 5.41) is 19.4. The minimum Gasteiger partial charge on any atom is -0.507 e. The van der Waals surface area contributed by atoms with Gasteiger partial charge in [-0.25, -0.2) is 4.39 Å². The Balaban J connectivity index is 1.53. The molecule has 1 aromatic heterocycles. The fourth-order valence-corrected chi connectivity index (χ4v) is 5.78. The number of anilines is 1. The maximum absolute atomic E-state index is 14.6. The van der Waals surface area contributed by atoms with Crippen molar-refractivity contribution in [2.24, 2.45) is 5.16 Å². The Bertz CT molecular complexity index is 1540. The van der Waals surface area contributed by atoms with Crippen molar-refractivity contribution in [3.8, 4) is 28.0 Å². The Morgan fingerprint density at radius 2 is 2.05 bits per heavy atom. The van der Waals surface area contributed by atoms with Crippen LogP contribution in [0.4, 0.5) is 10.1 Å². The molecule has 7 nitrogen and oxygen atoms in total. The van der Waals surface area contributed by atoms with Crippen molar-refractivity contribution in [3.05, 3.63) is 77.7 Å². The summed E-state index contributed by atoms with van der Waals surface area (Å²) in [7, 11) is 1.46. The second-order valence-corrected chi connectivity index (χ2v) is 10.1. The molecule has 3 aromatic carbocycles. The molecule has 2 fully saturated rings. The Hall–Kier alpha value is -4.01. The molecule has 2 saturated heterocycles. The molecule has 8 heteroatoms. The number of phenolic OH excluding ortho intramolecular Hbond substituents is 1. The highest BCUT2D eigenvalue weighted by atomic mass is 19.1. The third-order valence-electron chi connectivity index (χ3n) is 7.57. The molecule has 6 rings (SSSR count). The van der Waals surface area contributed by atoms with Crippen molar-refractivity contribution >= 4 is 22.8 Å². The van der Waals surface area contributed by atoms with Crippen molar-refractivity contribution in [1.82, 2.24) is 10.3 Å². The Kier molecular flexibility index (Phi) is 6.89. The van der Waals surface area contributed by atoms with E-state index in [1.807, 2.05) is 43.5 Å². The van der Waals surface area contributed by atoms with Crippen molar-refractivity contribution in [2.45, 2.75) is 25.5 Å². The number of para-hydroxylation sites is 1. The number of hydrogen-bond acceptors (Lipinski definition) is 7. The number of halogens is 1. The second kappa shape index (κ2) is 10.6. The molecule has 0 aliphatic carbocycles. The standard InChI is InChI=1S/C31H31FN4O3/c1-19-12-22(14-23(32)13-19)26-17-34-27-7-6-20(24-5-3-4-21(31(24)37)16-35-38-2)15-25(27)30(26)36-10-8-29-28(18-36)33-9-11-39-29/h3-7,12-17,28-29,33,37H,8-11,18H2,1-2H3/b35-16+/t28-,29-/m1/s1. The first-order valence-corrected chi connectivity index (χ1v) is 13.2. The number of rotatable bonds is 5. The van der Waals surface area contributed by atoms with Crippen molar-refractivity contribution in [1.29, 1.82) is 0 Å². The zero-order valence-corrected chi connectivity index (χ0v) is 22.0. The monoisotopic (exact) mass is 526 g/mol. The van der Waals surface area contributed by atoms with Gasteiger partial charge < -0.3 is 24.9 Å². The number of nitrogens with zero attached hydrogens (tertiary/aromatic N) is 3. The average molecular weight is 527 g/mol. The van der Waals surface area contributed by atoms with Crippen molar-refractivity contribution < 1.29 is 19.1 Å². The largest absolute Gasteiger partial charge is 0.507 e. The lowest BCUT2D eigenvalue weighted by molar-refractivity contribution is -0.0134. The SMILES string of the molecule is CO/N=C/c1cccc(-c2ccc3ncc(-c4cc(C)cc(F)c4)c(N4CC[C@H]5OCCN[C@@H]5C4)c3c2)c1O. The van der Waals surface area contributed by atoms with Crippen LogP contribution in [0.2, 0.25) is 0 Å². The van der Waals surface area contributed by atoms with Gasteiger partial charge in [-0.05, 0) is 60.4 Å². The number of aryl methyl sites for hydroxylation is 1. The van der Waals surface area contributed by atoms with E-state index in [9.17, 15) is 9.50 Å². The van der Waals surface area contributed by atoms with Gasteiger partial charge in [0, 0.05) is 47.9 Å². The number of nitrogens with one attached hydrogen (secondary N) is 1. The first-order chi connectivity index (χ1) is 19.0. The minimum atomic E-state index is -0.273. The van der Waals surface area contributed by atoms with E-state index in [1.165, 1.54) is 19.4 Å². The molecule has 4 aromatic rings. The number of pyridine rings is 1. The highest BCUT2D eigenvalue weighted by molar-refractivity contribution is 6.02. The minimum absolute atomic E-state index is 0.119. The zero-order chi connectivity index (χ0) is 26.9. The summed E-state index contributed by atoms with van der Waals surface area (Å²) in [6.45, 7) is 5.03. The molecule has 0 saturated carbocycles. The van der Waals surface area contributed by atoms with Gasteiger partial charge in [0.2, 0.25) is 0 Å². The quantitative estimate of drug-likeness (QED) is 0.273. The van der Waals surface area contributed by atoms with Crippen molar-refractivity contribution in [2.75, 3.05) is 38.3 Å². The normalized spacial score (nSPS) is 19.4. The lowest BCUT2D eigenvalue weighted by Gasteiger charge is -2.43. The van der Waals surface area contributed by atoms with E-state index in [2.05, 4.69) is 21.4 Å². The molecule has 0 unspecified atom stereocenters. The molecule has 2 aliphatic heterocycles. The number of piperidine rings is 1. The fourth-order valence-electron chi connectivity index (χ4n) is 5.78. The van der Waals surface area contributed by atoms with Gasteiger partial charge in [0.05, 0.1) is 36.2 Å². The number of aromatic nitrogens is 1. The topological polar surface area (TPSA) is 79.2 Å². The summed E-state index contributed by atoms with van der Waals surface area (Å²) in [5.74, 6) is -0.154. The third kappa shape index (κ3) is 4.93. The summed E-state index contributed by atoms with van der Waals surface area (Å²) in [5.41, 5.74) is 6.44. The van der Waals surface area contributed by atoms with Gasteiger partial charge in [-0.15, -0.1) is 0 Å². The number of morpholine rings is 1. The predicted octanol–water partition coefficient (Wildman–Crippen LogP) is 5.27. The van der Waals surface area contributed by atoms with Gasteiger partial charge in [-0.2, -0.15) is 0 Å². The molecule has 200 valence electrons. The van der Waals surface area contributed by atoms with Crippen LogP contribution in [0, 0.1) is 12.7 Å². The number of phenols is 1. The molecule has 0 bridgehead atoms. The Labute approximate surface area is 226 Å². The summed E-state index contributed by atoms with van der Waals surface area (Å²) in [4.78, 5) is 11.9. The molecule has 2 aliphatic rings. The van der Waals surface area contributed by atoms with Gasteiger partial charge >= 0.3 is 0 Å². The third-order valence-corrected chi connectivity index (χ3v) is 7.57. The van der Waals surface area contributed by atoms with Gasteiger partial charge in [-0.1, -0.05) is 29.4 Å². The zero-order valence-electron chi connectivity index (χ0n) is 22.0. The smallest absolute Gasteiger partial charge is 0.132 e. The van der Waals surface area contributed by atoms with Crippen LogP contribution >= 0.6 is 0 Å². The van der Waals surface area contributed by atoms with E-state index in [4.69, 9.17) is 14.6 Å². The van der Waals surface area contributed by atoms with Crippen molar-refractivity contribution in [3.63, 3.8) is 0 Å². The van der Waals surface area contributed by atoms with Crippen LogP contribution in [0.25, 0.3) is 33.2 Å². The highest BCUT2D eigenvalue weighted by Gasteiger charge is 2.33.